The predicted octanol–water partition coefficient (Wildman–Crippen LogP) is 4.57. The Morgan fingerprint density at radius 3 is 2.39 bits per heavy atom. The number of nitrogens with one attached hydrogen (secondary N) is 1. The summed E-state index contributed by atoms with van der Waals surface area (Å²) in [4.78, 5) is 33.4. The zero-order valence-electron chi connectivity index (χ0n) is 16.7. The highest BCUT2D eigenvalue weighted by Crippen LogP contribution is 2.29. The van der Waals surface area contributed by atoms with Crippen LogP contribution in [0.2, 0.25) is 0 Å². The predicted molar refractivity (Wildman–Crippen MR) is 110 cm³/mol. The van der Waals surface area contributed by atoms with Crippen LogP contribution in [0.1, 0.15) is 70.6 Å². The molecule has 0 aromatic carbocycles. The van der Waals surface area contributed by atoms with Gasteiger partial charge < -0.3 is 10.2 Å². The summed E-state index contributed by atoms with van der Waals surface area (Å²) in [5.74, 6) is 1.27. The maximum Gasteiger partial charge on any atom is 0.326 e. The Labute approximate surface area is 167 Å². The number of urea groups is 1. The first-order valence-electron chi connectivity index (χ1n) is 11.0. The number of carbonyl (C=O) groups excluding carboxylic acids is 2. The Bertz CT molecular complexity index is 678. The minimum absolute atomic E-state index is 0.0715. The molecule has 152 valence electrons. The summed E-state index contributed by atoms with van der Waals surface area (Å²) in [5, 5.41) is 2.96. The van der Waals surface area contributed by atoms with Crippen molar-refractivity contribution in [2.75, 3.05) is 23.3 Å². The molecule has 6 nitrogen and oxygen atoms in total. The molecule has 3 aliphatic rings. The summed E-state index contributed by atoms with van der Waals surface area (Å²) in [6, 6.07) is 4.17. The molecule has 0 unspecified atom stereocenters. The van der Waals surface area contributed by atoms with Gasteiger partial charge in [-0.15, -0.1) is 0 Å². The zero-order chi connectivity index (χ0) is 19.3. The fraction of sp³-hybridized carbons (Fsp3) is 0.682. The van der Waals surface area contributed by atoms with E-state index in [-0.39, 0.29) is 11.9 Å². The van der Waals surface area contributed by atoms with Crippen molar-refractivity contribution in [3.8, 4) is 0 Å². The maximum atomic E-state index is 12.8. The lowest BCUT2D eigenvalue weighted by Crippen LogP contribution is -2.40. The highest BCUT2D eigenvalue weighted by molar-refractivity contribution is 5.94. The molecule has 3 fully saturated rings. The fourth-order valence-corrected chi connectivity index (χ4v) is 4.98. The van der Waals surface area contributed by atoms with Crippen molar-refractivity contribution in [2.24, 2.45) is 5.92 Å². The smallest absolute Gasteiger partial charge is 0.325 e. The monoisotopic (exact) mass is 384 g/mol. The van der Waals surface area contributed by atoms with Crippen molar-refractivity contribution in [1.82, 2.24) is 9.88 Å². The summed E-state index contributed by atoms with van der Waals surface area (Å²) in [6.45, 7) is 1.47. The summed E-state index contributed by atoms with van der Waals surface area (Å²) >= 11 is 0. The van der Waals surface area contributed by atoms with E-state index in [1.165, 1.54) is 51.4 Å². The molecule has 3 amide bonds. The second-order valence-electron chi connectivity index (χ2n) is 8.58. The van der Waals surface area contributed by atoms with E-state index in [9.17, 15) is 9.59 Å². The van der Waals surface area contributed by atoms with Gasteiger partial charge in [0.15, 0.2) is 0 Å². The van der Waals surface area contributed by atoms with Gasteiger partial charge in [0.1, 0.15) is 5.82 Å². The number of rotatable bonds is 5. The van der Waals surface area contributed by atoms with Gasteiger partial charge in [-0.3, -0.25) is 9.69 Å². The SMILES string of the molecule is O=C(CC1CCCCC1)Nc1ccc(N2CCN(C3CCCCC3)C2=O)nc1. The fourth-order valence-electron chi connectivity index (χ4n) is 4.98. The second-order valence-corrected chi connectivity index (χ2v) is 8.58. The topological polar surface area (TPSA) is 65.5 Å². The normalized spacial score (nSPS) is 21.9. The third-order valence-corrected chi connectivity index (χ3v) is 6.56. The zero-order valence-corrected chi connectivity index (χ0v) is 16.7. The van der Waals surface area contributed by atoms with Crippen LogP contribution >= 0.6 is 0 Å². The van der Waals surface area contributed by atoms with Crippen LogP contribution in [0.25, 0.3) is 0 Å². The van der Waals surface area contributed by atoms with Crippen LogP contribution in [-0.2, 0) is 4.79 Å². The van der Waals surface area contributed by atoms with Gasteiger partial charge in [0.25, 0.3) is 0 Å². The van der Waals surface area contributed by atoms with E-state index in [1.807, 2.05) is 17.0 Å². The second kappa shape index (κ2) is 8.93. The van der Waals surface area contributed by atoms with Crippen molar-refractivity contribution < 1.29 is 9.59 Å². The van der Waals surface area contributed by atoms with E-state index >= 15 is 0 Å². The number of carbonyl (C=O) groups is 2. The van der Waals surface area contributed by atoms with E-state index in [1.54, 1.807) is 11.1 Å². The summed E-state index contributed by atoms with van der Waals surface area (Å²) in [7, 11) is 0. The third kappa shape index (κ3) is 4.47. The molecule has 0 atom stereocenters. The molecule has 28 heavy (non-hydrogen) atoms. The number of hydrogen-bond donors (Lipinski definition) is 1. The standard InChI is InChI=1S/C22H32N4O2/c27-21(15-17-7-3-1-4-8-17)24-18-11-12-20(23-16-18)26-14-13-25(22(26)28)19-9-5-2-6-10-19/h11-12,16-17,19H,1-10,13-15H2,(H,24,27). The molecule has 2 aliphatic carbocycles. The molecule has 0 radical (unpaired) electrons. The minimum Gasteiger partial charge on any atom is -0.325 e. The van der Waals surface area contributed by atoms with Crippen LogP contribution in [0, 0.1) is 5.92 Å². The van der Waals surface area contributed by atoms with Gasteiger partial charge in [-0.25, -0.2) is 9.78 Å². The van der Waals surface area contributed by atoms with E-state index in [2.05, 4.69) is 10.3 Å². The van der Waals surface area contributed by atoms with Crippen LogP contribution in [-0.4, -0.2) is 41.0 Å². The molecule has 2 heterocycles. The molecular weight excluding hydrogens is 352 g/mol. The number of pyridine rings is 1. The largest absolute Gasteiger partial charge is 0.326 e. The molecule has 1 aliphatic heterocycles. The molecule has 1 aromatic rings. The molecule has 1 N–H and O–H groups in total. The minimum atomic E-state index is 0.0715. The number of nitrogens with zero attached hydrogens (tertiary/aromatic N) is 3. The summed E-state index contributed by atoms with van der Waals surface area (Å²) in [6.07, 6.45) is 14.4. The molecule has 1 saturated heterocycles. The van der Waals surface area contributed by atoms with Gasteiger partial charge in [-0.2, -0.15) is 0 Å². The average Bonchev–Trinajstić information content (AvgIpc) is 3.11. The quantitative estimate of drug-likeness (QED) is 0.809. The van der Waals surface area contributed by atoms with E-state index in [4.69, 9.17) is 0 Å². The first kappa shape index (κ1) is 19.2. The van der Waals surface area contributed by atoms with Gasteiger partial charge >= 0.3 is 6.03 Å². The highest BCUT2D eigenvalue weighted by atomic mass is 16.2. The average molecular weight is 385 g/mol. The summed E-state index contributed by atoms with van der Waals surface area (Å²) in [5.41, 5.74) is 0.709. The Morgan fingerprint density at radius 1 is 1.00 bits per heavy atom. The van der Waals surface area contributed by atoms with Crippen molar-refractivity contribution in [2.45, 2.75) is 76.7 Å². The molecular formula is C22H32N4O2. The van der Waals surface area contributed by atoms with Crippen LogP contribution in [0.15, 0.2) is 18.3 Å². The van der Waals surface area contributed by atoms with Crippen LogP contribution in [0.5, 0.6) is 0 Å². The van der Waals surface area contributed by atoms with Crippen LogP contribution in [0.3, 0.4) is 0 Å². The number of anilines is 2. The van der Waals surface area contributed by atoms with E-state index < -0.39 is 0 Å². The van der Waals surface area contributed by atoms with Gasteiger partial charge in [0, 0.05) is 25.6 Å². The van der Waals surface area contributed by atoms with Gasteiger partial charge in [0.05, 0.1) is 11.9 Å². The van der Waals surface area contributed by atoms with Gasteiger partial charge in [0.2, 0.25) is 5.91 Å². The van der Waals surface area contributed by atoms with E-state index in [0.717, 1.165) is 19.4 Å². The van der Waals surface area contributed by atoms with Crippen LogP contribution < -0.4 is 10.2 Å². The lowest BCUT2D eigenvalue weighted by atomic mass is 9.87. The molecule has 2 saturated carbocycles. The van der Waals surface area contributed by atoms with Crippen LogP contribution in [0.4, 0.5) is 16.3 Å². The van der Waals surface area contributed by atoms with E-state index in [0.29, 0.717) is 36.4 Å². The number of amides is 3. The molecule has 0 bridgehead atoms. The first-order valence-corrected chi connectivity index (χ1v) is 11.0. The molecule has 1 aromatic heterocycles. The highest BCUT2D eigenvalue weighted by Gasteiger charge is 2.35. The lowest BCUT2D eigenvalue weighted by molar-refractivity contribution is -0.117. The van der Waals surface area contributed by atoms with Crippen molar-refractivity contribution >= 4 is 23.4 Å². The summed E-state index contributed by atoms with van der Waals surface area (Å²) < 4.78 is 0. The Morgan fingerprint density at radius 2 is 1.71 bits per heavy atom. The Balaban J connectivity index is 1.31. The molecule has 4 rings (SSSR count). The molecule has 6 heteroatoms. The number of hydrogen-bond acceptors (Lipinski definition) is 3. The molecule has 0 spiro atoms. The Kier molecular flexibility index (Phi) is 6.13. The van der Waals surface area contributed by atoms with Gasteiger partial charge in [-0.1, -0.05) is 38.5 Å². The van der Waals surface area contributed by atoms with Crippen molar-refractivity contribution in [3.05, 3.63) is 18.3 Å². The van der Waals surface area contributed by atoms with Gasteiger partial charge in [-0.05, 0) is 43.7 Å². The Hall–Kier alpha value is -2.11. The van der Waals surface area contributed by atoms with Crippen molar-refractivity contribution in [1.29, 1.82) is 0 Å². The maximum absolute atomic E-state index is 12.8. The third-order valence-electron chi connectivity index (χ3n) is 6.56. The first-order chi connectivity index (χ1) is 13.7. The lowest BCUT2D eigenvalue weighted by Gasteiger charge is -2.30. The number of aromatic nitrogens is 1. The van der Waals surface area contributed by atoms with Crippen molar-refractivity contribution in [3.63, 3.8) is 0 Å².